The molecule has 0 heterocycles. The second-order valence-corrected chi connectivity index (χ2v) is 7.24. The summed E-state index contributed by atoms with van der Waals surface area (Å²) in [4.78, 5) is 23.3. The average Bonchev–Trinajstić information content (AvgIpc) is 2.51. The van der Waals surface area contributed by atoms with E-state index in [1.807, 2.05) is 6.92 Å². The molecule has 0 radical (unpaired) electrons. The molecule has 1 aromatic rings. The molecule has 2 N–H and O–H groups in total. The lowest BCUT2D eigenvalue weighted by Crippen LogP contribution is -2.19. The number of hydrogen-bond donors (Lipinski definition) is 1. The predicted octanol–water partition coefficient (Wildman–Crippen LogP) is 1.03. The first kappa shape index (κ1) is 19.4. The Morgan fingerprint density at radius 3 is 2.33 bits per heavy atom. The van der Waals surface area contributed by atoms with Crippen molar-refractivity contribution >= 4 is 21.6 Å². The Labute approximate surface area is 140 Å². The van der Waals surface area contributed by atoms with Crippen LogP contribution in [-0.4, -0.2) is 32.5 Å². The number of ether oxygens (including phenoxy) is 1. The largest absolute Gasteiger partial charge is 0.457 e. The van der Waals surface area contributed by atoms with Crippen LogP contribution in [0.3, 0.4) is 0 Å². The number of hydrogen-bond acceptors (Lipinski definition) is 7. The number of carbonyl (C=O) groups is 2. The zero-order valence-corrected chi connectivity index (χ0v) is 14.2. The van der Waals surface area contributed by atoms with E-state index in [0.29, 0.717) is 0 Å². The lowest BCUT2D eigenvalue weighted by Gasteiger charge is -2.06. The molecular formula is C16H18N2O5S. The zero-order chi connectivity index (χ0) is 18.3. The second kappa shape index (κ2) is 8.26. The molecule has 0 atom stereocenters. The van der Waals surface area contributed by atoms with Gasteiger partial charge in [0, 0.05) is 5.70 Å². The minimum atomic E-state index is -3.61. The van der Waals surface area contributed by atoms with Crippen LogP contribution in [-0.2, 0) is 24.2 Å². The Kier molecular flexibility index (Phi) is 6.68. The molecule has 7 nitrogen and oxygen atoms in total. The molecule has 0 aromatic heterocycles. The van der Waals surface area contributed by atoms with E-state index in [2.05, 4.69) is 0 Å². The molecule has 0 bridgehead atoms. The molecule has 8 heteroatoms. The predicted molar refractivity (Wildman–Crippen MR) is 86.3 cm³/mol. The van der Waals surface area contributed by atoms with Gasteiger partial charge >= 0.3 is 5.97 Å². The number of sulfone groups is 1. The number of benzene rings is 1. The second-order valence-electron chi connectivity index (χ2n) is 5.14. The highest BCUT2D eigenvalue weighted by Gasteiger charge is 2.18. The van der Waals surface area contributed by atoms with Crippen molar-refractivity contribution in [1.82, 2.24) is 0 Å². The van der Waals surface area contributed by atoms with Gasteiger partial charge in [-0.2, -0.15) is 5.26 Å². The van der Waals surface area contributed by atoms with Gasteiger partial charge in [0.15, 0.2) is 16.4 Å². The molecule has 1 aromatic carbocycles. The fourth-order valence-electron chi connectivity index (χ4n) is 1.74. The van der Waals surface area contributed by atoms with Crippen LogP contribution in [0.1, 0.15) is 18.9 Å². The highest BCUT2D eigenvalue weighted by atomic mass is 32.2. The minimum absolute atomic E-state index is 0.0282. The molecule has 1 rings (SSSR count). The number of carbonyl (C=O) groups excluding carboxylic acids is 2. The van der Waals surface area contributed by atoms with E-state index in [0.717, 1.165) is 5.56 Å². The van der Waals surface area contributed by atoms with E-state index in [4.69, 9.17) is 15.7 Å². The molecule has 24 heavy (non-hydrogen) atoms. The quantitative estimate of drug-likeness (QED) is 0.442. The summed E-state index contributed by atoms with van der Waals surface area (Å²) in [6, 6.07) is 7.88. The van der Waals surface area contributed by atoms with Crippen molar-refractivity contribution < 1.29 is 22.7 Å². The number of nitrogens with zero attached hydrogens (tertiary/aromatic N) is 1. The van der Waals surface area contributed by atoms with Crippen LogP contribution in [0.4, 0.5) is 0 Å². The van der Waals surface area contributed by atoms with Gasteiger partial charge in [0.1, 0.15) is 11.6 Å². The summed E-state index contributed by atoms with van der Waals surface area (Å²) in [5.41, 5.74) is 6.03. The lowest BCUT2D eigenvalue weighted by molar-refractivity contribution is -0.146. The Bertz CT molecular complexity index is 798. The Morgan fingerprint density at radius 1 is 1.25 bits per heavy atom. The van der Waals surface area contributed by atoms with Gasteiger partial charge in [-0.25, -0.2) is 8.42 Å². The number of Topliss-reactive ketones (excluding diaryl/α,β-unsaturated/α-hetero) is 1. The molecule has 0 aliphatic heterocycles. The number of nitriles is 1. The van der Waals surface area contributed by atoms with Crippen molar-refractivity contribution in [2.75, 3.05) is 12.4 Å². The van der Waals surface area contributed by atoms with Gasteiger partial charge in [0.05, 0.1) is 17.1 Å². The fraction of sp³-hybridized carbons (Fsp3) is 0.312. The number of esters is 1. The first-order valence-corrected chi connectivity index (χ1v) is 8.67. The number of rotatable bonds is 7. The van der Waals surface area contributed by atoms with E-state index in [1.165, 1.54) is 19.1 Å². The Hall–Kier alpha value is -2.66. The molecular weight excluding hydrogens is 332 g/mol. The summed E-state index contributed by atoms with van der Waals surface area (Å²) in [7, 11) is -3.61. The lowest BCUT2D eigenvalue weighted by atomic mass is 10.1. The first-order valence-electron chi connectivity index (χ1n) is 7.02. The maximum Gasteiger partial charge on any atom is 0.307 e. The molecule has 0 unspecified atom stereocenters. The third kappa shape index (κ3) is 5.52. The summed E-state index contributed by atoms with van der Waals surface area (Å²) in [6.45, 7) is 2.56. The van der Waals surface area contributed by atoms with Gasteiger partial charge in [-0.15, -0.1) is 0 Å². The molecule has 0 aliphatic carbocycles. The van der Waals surface area contributed by atoms with E-state index >= 15 is 0 Å². The molecule has 128 valence electrons. The third-order valence-corrected chi connectivity index (χ3v) is 4.84. The van der Waals surface area contributed by atoms with Crippen molar-refractivity contribution in [1.29, 1.82) is 5.26 Å². The van der Waals surface area contributed by atoms with Crippen LogP contribution in [0.5, 0.6) is 0 Å². The summed E-state index contributed by atoms with van der Waals surface area (Å²) < 4.78 is 28.9. The Morgan fingerprint density at radius 2 is 1.83 bits per heavy atom. The topological polar surface area (TPSA) is 127 Å². The van der Waals surface area contributed by atoms with Crippen LogP contribution in [0.15, 0.2) is 40.4 Å². The zero-order valence-electron chi connectivity index (χ0n) is 13.4. The van der Waals surface area contributed by atoms with Crippen molar-refractivity contribution in [3.63, 3.8) is 0 Å². The van der Waals surface area contributed by atoms with Crippen molar-refractivity contribution in [2.24, 2.45) is 5.73 Å². The maximum absolute atomic E-state index is 12.1. The number of nitrogens with two attached hydrogens (primary N) is 1. The summed E-state index contributed by atoms with van der Waals surface area (Å²) in [6.07, 6.45) is -0.392. The van der Waals surface area contributed by atoms with Crippen LogP contribution < -0.4 is 5.73 Å². The van der Waals surface area contributed by atoms with E-state index in [-0.39, 0.29) is 16.2 Å². The molecule has 0 saturated heterocycles. The standard InChI is InChI=1S/C16H18N2O5S/c1-11-3-5-13(6-4-11)24(21,22)8-7-16(20)23-10-15(19)14(9-17)12(2)18/h3-6H,7-8,10,18H2,1-2H3/b14-12-. The maximum atomic E-state index is 12.1. The van der Waals surface area contributed by atoms with Crippen LogP contribution in [0, 0.1) is 18.3 Å². The molecule has 0 saturated carbocycles. The van der Waals surface area contributed by atoms with Crippen LogP contribution in [0.25, 0.3) is 0 Å². The highest BCUT2D eigenvalue weighted by Crippen LogP contribution is 2.13. The van der Waals surface area contributed by atoms with Gasteiger partial charge < -0.3 is 10.5 Å². The van der Waals surface area contributed by atoms with Gasteiger partial charge in [-0.3, -0.25) is 9.59 Å². The van der Waals surface area contributed by atoms with Gasteiger partial charge in [-0.05, 0) is 26.0 Å². The minimum Gasteiger partial charge on any atom is -0.457 e. The number of aryl methyl sites for hydroxylation is 1. The molecule has 0 aliphatic rings. The highest BCUT2D eigenvalue weighted by molar-refractivity contribution is 7.91. The summed E-state index contributed by atoms with van der Waals surface area (Å²) in [5, 5.41) is 8.76. The SMILES string of the molecule is C/C(N)=C(\C#N)C(=O)COC(=O)CCS(=O)(=O)c1ccc(C)cc1. The molecule has 0 amide bonds. The third-order valence-electron chi connectivity index (χ3n) is 3.10. The number of allylic oxidation sites excluding steroid dienone is 1. The van der Waals surface area contributed by atoms with Crippen molar-refractivity contribution in [3.05, 3.63) is 41.1 Å². The fourth-order valence-corrected chi connectivity index (χ4v) is 2.96. The van der Waals surface area contributed by atoms with Crippen molar-refractivity contribution in [2.45, 2.75) is 25.2 Å². The van der Waals surface area contributed by atoms with Gasteiger partial charge in [0.25, 0.3) is 0 Å². The van der Waals surface area contributed by atoms with Gasteiger partial charge in [-0.1, -0.05) is 17.7 Å². The normalized spacial score (nSPS) is 12.0. The Balaban J connectivity index is 2.58. The van der Waals surface area contributed by atoms with Crippen LogP contribution >= 0.6 is 0 Å². The van der Waals surface area contributed by atoms with E-state index in [1.54, 1.807) is 18.2 Å². The number of ketones is 1. The first-order chi connectivity index (χ1) is 11.2. The van der Waals surface area contributed by atoms with Crippen LogP contribution in [0.2, 0.25) is 0 Å². The monoisotopic (exact) mass is 350 g/mol. The van der Waals surface area contributed by atoms with Crippen molar-refractivity contribution in [3.8, 4) is 6.07 Å². The summed E-state index contributed by atoms with van der Waals surface area (Å²) >= 11 is 0. The average molecular weight is 350 g/mol. The van der Waals surface area contributed by atoms with E-state index < -0.39 is 40.4 Å². The van der Waals surface area contributed by atoms with Gasteiger partial charge in [0.2, 0.25) is 5.78 Å². The molecule has 0 fully saturated rings. The summed E-state index contributed by atoms with van der Waals surface area (Å²) in [5.74, 6) is -2.00. The smallest absolute Gasteiger partial charge is 0.307 e. The molecule has 0 spiro atoms. The van der Waals surface area contributed by atoms with E-state index in [9.17, 15) is 18.0 Å².